The Labute approximate surface area is 234 Å². The zero-order valence-electron chi connectivity index (χ0n) is 23.9. The van der Waals surface area contributed by atoms with Crippen molar-refractivity contribution in [2.75, 3.05) is 18.9 Å². The van der Waals surface area contributed by atoms with Gasteiger partial charge in [0.25, 0.3) is 11.5 Å². The molecule has 0 bridgehead atoms. The summed E-state index contributed by atoms with van der Waals surface area (Å²) in [6, 6.07) is 11.7. The summed E-state index contributed by atoms with van der Waals surface area (Å²) >= 11 is 0. The fraction of sp³-hybridized carbons (Fsp3) is 0.355. The van der Waals surface area contributed by atoms with Crippen LogP contribution in [0.15, 0.2) is 53.6 Å². The Balaban J connectivity index is 1.40. The van der Waals surface area contributed by atoms with Crippen LogP contribution in [-0.2, 0) is 31.8 Å². The van der Waals surface area contributed by atoms with E-state index in [0.717, 1.165) is 47.7 Å². The van der Waals surface area contributed by atoms with Crippen molar-refractivity contribution in [3.8, 4) is 11.3 Å². The fourth-order valence-corrected chi connectivity index (χ4v) is 4.77. The first kappa shape index (κ1) is 27.3. The van der Waals surface area contributed by atoms with Crippen molar-refractivity contribution in [1.29, 1.82) is 0 Å². The molecule has 1 aliphatic heterocycles. The number of anilines is 1. The van der Waals surface area contributed by atoms with Gasteiger partial charge in [-0.05, 0) is 43.3 Å². The van der Waals surface area contributed by atoms with Crippen LogP contribution in [0.2, 0.25) is 0 Å². The predicted molar refractivity (Wildman–Crippen MR) is 155 cm³/mol. The maximum absolute atomic E-state index is 13.0. The molecule has 1 amide bonds. The number of carbonyl (C=O) groups excluding carboxylic acids is 1. The Hall–Kier alpha value is -4.24. The standard InChI is InChI=1S/C31H35N7O2/c1-19-7-8-20(14-25(19)35-29(39)27-16-33-28(17-32-27)31(2,3)4)26-15-22(30(40)38(6)36-26)13-23-10-9-21-18-37(5)12-11-24(21)34-23/h7-10,14-17H,11-13,18H2,1-6H3,(H,35,39). The molecule has 0 atom stereocenters. The fourth-order valence-electron chi connectivity index (χ4n) is 4.77. The van der Waals surface area contributed by atoms with Gasteiger partial charge in [0, 0.05) is 72.8 Å². The van der Waals surface area contributed by atoms with E-state index in [1.54, 1.807) is 13.2 Å². The first-order chi connectivity index (χ1) is 19.0. The van der Waals surface area contributed by atoms with Gasteiger partial charge in [-0.2, -0.15) is 5.10 Å². The Kier molecular flexibility index (Phi) is 7.33. The highest BCUT2D eigenvalue weighted by Gasteiger charge is 2.19. The van der Waals surface area contributed by atoms with E-state index in [1.807, 2.05) is 58.0 Å². The molecule has 9 heteroatoms. The van der Waals surface area contributed by atoms with Crippen LogP contribution in [0.1, 0.15) is 65.0 Å². The Morgan fingerprint density at radius 2 is 1.85 bits per heavy atom. The number of benzene rings is 1. The summed E-state index contributed by atoms with van der Waals surface area (Å²) in [5.74, 6) is -0.341. The van der Waals surface area contributed by atoms with Gasteiger partial charge in [-0.3, -0.25) is 19.6 Å². The quantitative estimate of drug-likeness (QED) is 0.409. The lowest BCUT2D eigenvalue weighted by molar-refractivity contribution is 0.102. The summed E-state index contributed by atoms with van der Waals surface area (Å²) in [5, 5.41) is 7.46. The molecule has 9 nitrogen and oxygen atoms in total. The summed E-state index contributed by atoms with van der Waals surface area (Å²) in [6.45, 7) is 9.94. The first-order valence-corrected chi connectivity index (χ1v) is 13.5. The van der Waals surface area contributed by atoms with E-state index in [1.165, 1.54) is 16.4 Å². The molecule has 0 fully saturated rings. The summed E-state index contributed by atoms with van der Waals surface area (Å²) < 4.78 is 1.36. The van der Waals surface area contributed by atoms with E-state index >= 15 is 0 Å². The minimum atomic E-state index is -0.341. The molecule has 5 rings (SSSR count). The van der Waals surface area contributed by atoms with E-state index in [2.05, 4.69) is 38.4 Å². The highest BCUT2D eigenvalue weighted by atomic mass is 16.2. The molecule has 1 aliphatic rings. The molecule has 0 aliphatic carbocycles. The normalized spacial score (nSPS) is 13.7. The van der Waals surface area contributed by atoms with Crippen LogP contribution in [0.25, 0.3) is 11.3 Å². The number of carbonyl (C=O) groups is 1. The average molecular weight is 538 g/mol. The minimum Gasteiger partial charge on any atom is -0.320 e. The van der Waals surface area contributed by atoms with Gasteiger partial charge in [0.2, 0.25) is 0 Å². The maximum atomic E-state index is 13.0. The van der Waals surface area contributed by atoms with E-state index in [9.17, 15) is 9.59 Å². The number of likely N-dealkylation sites (N-methyl/N-ethyl adjacent to an activating group) is 1. The van der Waals surface area contributed by atoms with E-state index in [0.29, 0.717) is 23.4 Å². The number of hydrogen-bond acceptors (Lipinski definition) is 7. The number of pyridine rings is 1. The molecule has 0 saturated heterocycles. The topological polar surface area (TPSA) is 106 Å². The number of hydrogen-bond donors (Lipinski definition) is 1. The third-order valence-electron chi connectivity index (χ3n) is 7.24. The van der Waals surface area contributed by atoms with Crippen molar-refractivity contribution in [2.45, 2.75) is 52.5 Å². The lowest BCUT2D eigenvalue weighted by atomic mass is 9.93. The highest BCUT2D eigenvalue weighted by molar-refractivity contribution is 6.03. The SMILES string of the molecule is Cc1ccc(-c2cc(Cc3ccc4c(n3)CCN(C)C4)c(=O)n(C)n2)cc1NC(=O)c1cnc(C(C)(C)C)cn1. The monoisotopic (exact) mass is 537 g/mol. The number of rotatable bonds is 5. The smallest absolute Gasteiger partial charge is 0.275 e. The summed E-state index contributed by atoms with van der Waals surface area (Å²) in [7, 11) is 3.77. The Bertz CT molecular complexity index is 1640. The predicted octanol–water partition coefficient (Wildman–Crippen LogP) is 4.07. The molecular weight excluding hydrogens is 502 g/mol. The lowest BCUT2D eigenvalue weighted by Crippen LogP contribution is -2.28. The molecule has 4 aromatic rings. The van der Waals surface area contributed by atoms with Gasteiger partial charge >= 0.3 is 0 Å². The van der Waals surface area contributed by atoms with Crippen LogP contribution in [0, 0.1) is 6.92 Å². The molecule has 0 saturated carbocycles. The van der Waals surface area contributed by atoms with Crippen molar-refractivity contribution in [1.82, 2.24) is 29.6 Å². The molecule has 206 valence electrons. The summed E-state index contributed by atoms with van der Waals surface area (Å²) in [6.07, 6.45) is 4.47. The molecule has 40 heavy (non-hydrogen) atoms. The van der Waals surface area contributed by atoms with Crippen molar-refractivity contribution in [3.05, 3.63) is 98.6 Å². The molecule has 0 radical (unpaired) electrons. The summed E-state index contributed by atoms with van der Waals surface area (Å²) in [5.41, 5.74) is 7.55. The second kappa shape index (κ2) is 10.7. The average Bonchev–Trinajstić information content (AvgIpc) is 2.92. The molecule has 1 N–H and O–H groups in total. The van der Waals surface area contributed by atoms with E-state index in [-0.39, 0.29) is 22.6 Å². The van der Waals surface area contributed by atoms with Gasteiger partial charge in [-0.1, -0.05) is 39.0 Å². The molecule has 3 aromatic heterocycles. The number of fused-ring (bicyclic) bond motifs is 1. The van der Waals surface area contributed by atoms with E-state index in [4.69, 9.17) is 4.98 Å². The zero-order valence-corrected chi connectivity index (χ0v) is 23.9. The third kappa shape index (κ3) is 5.84. The van der Waals surface area contributed by atoms with Gasteiger partial charge in [-0.15, -0.1) is 0 Å². The van der Waals surface area contributed by atoms with Gasteiger partial charge in [0.1, 0.15) is 5.69 Å². The number of aromatic nitrogens is 5. The molecule has 4 heterocycles. The number of amides is 1. The van der Waals surface area contributed by atoms with Crippen LogP contribution >= 0.6 is 0 Å². The molecule has 0 unspecified atom stereocenters. The van der Waals surface area contributed by atoms with Gasteiger partial charge < -0.3 is 10.2 Å². The van der Waals surface area contributed by atoms with Crippen LogP contribution in [0.4, 0.5) is 5.69 Å². The highest BCUT2D eigenvalue weighted by Crippen LogP contribution is 2.26. The summed E-state index contributed by atoms with van der Waals surface area (Å²) in [4.78, 5) is 41.8. The lowest BCUT2D eigenvalue weighted by Gasteiger charge is -2.24. The van der Waals surface area contributed by atoms with Crippen LogP contribution in [0.3, 0.4) is 0 Å². The van der Waals surface area contributed by atoms with Gasteiger partial charge in [0.05, 0.1) is 17.6 Å². The Morgan fingerprint density at radius 3 is 2.58 bits per heavy atom. The van der Waals surface area contributed by atoms with Crippen molar-refractivity contribution in [3.63, 3.8) is 0 Å². The van der Waals surface area contributed by atoms with Crippen LogP contribution < -0.4 is 10.9 Å². The minimum absolute atomic E-state index is 0.151. The van der Waals surface area contributed by atoms with E-state index < -0.39 is 0 Å². The number of aryl methyl sites for hydroxylation is 2. The molecule has 0 spiro atoms. The Morgan fingerprint density at radius 1 is 1.05 bits per heavy atom. The maximum Gasteiger partial charge on any atom is 0.275 e. The van der Waals surface area contributed by atoms with Crippen LogP contribution in [0.5, 0.6) is 0 Å². The second-order valence-electron chi connectivity index (χ2n) is 11.6. The number of nitrogens with one attached hydrogen (secondary N) is 1. The van der Waals surface area contributed by atoms with Gasteiger partial charge in [0.15, 0.2) is 0 Å². The first-order valence-electron chi connectivity index (χ1n) is 13.5. The van der Waals surface area contributed by atoms with Crippen molar-refractivity contribution >= 4 is 11.6 Å². The zero-order chi connectivity index (χ0) is 28.6. The number of nitrogens with zero attached hydrogens (tertiary/aromatic N) is 6. The molecule has 1 aromatic carbocycles. The third-order valence-corrected chi connectivity index (χ3v) is 7.24. The van der Waals surface area contributed by atoms with Crippen molar-refractivity contribution < 1.29 is 4.79 Å². The largest absolute Gasteiger partial charge is 0.320 e. The van der Waals surface area contributed by atoms with Gasteiger partial charge in [-0.25, -0.2) is 9.67 Å². The second-order valence-corrected chi connectivity index (χ2v) is 11.6. The van der Waals surface area contributed by atoms with Crippen molar-refractivity contribution in [2.24, 2.45) is 7.05 Å². The van der Waals surface area contributed by atoms with Crippen LogP contribution in [-0.4, -0.2) is 49.1 Å². The molecular formula is C31H35N7O2.